The van der Waals surface area contributed by atoms with E-state index in [4.69, 9.17) is 9.84 Å². The molecule has 0 aliphatic carbocycles. The molecule has 0 aliphatic heterocycles. The standard InChI is InChI=1S/C23H20BrNO3/c1-15-3-9-21(11-16(15)2)25-13-19-12-20(24)8-10-22(19)28-14-17-4-6-18(7-5-17)23(26)27/h3-13H,14H2,1-2H3,(H,26,27). The zero-order valence-corrected chi connectivity index (χ0v) is 17.2. The topological polar surface area (TPSA) is 58.9 Å². The van der Waals surface area contributed by atoms with Crippen molar-refractivity contribution in [3.63, 3.8) is 0 Å². The van der Waals surface area contributed by atoms with Gasteiger partial charge in [0.1, 0.15) is 12.4 Å². The second-order valence-electron chi connectivity index (χ2n) is 6.50. The molecular formula is C23H20BrNO3. The first-order chi connectivity index (χ1) is 13.4. The van der Waals surface area contributed by atoms with Crippen LogP contribution in [0.25, 0.3) is 0 Å². The lowest BCUT2D eigenvalue weighted by molar-refractivity contribution is 0.0697. The summed E-state index contributed by atoms with van der Waals surface area (Å²) in [5, 5.41) is 8.98. The fourth-order valence-corrected chi connectivity index (χ4v) is 2.99. The molecule has 0 saturated carbocycles. The fraction of sp³-hybridized carbons (Fsp3) is 0.130. The first-order valence-corrected chi connectivity index (χ1v) is 9.57. The number of nitrogens with zero attached hydrogens (tertiary/aromatic N) is 1. The number of aryl methyl sites for hydroxylation is 2. The molecule has 0 bridgehead atoms. The zero-order valence-electron chi connectivity index (χ0n) is 15.6. The quantitative estimate of drug-likeness (QED) is 0.474. The van der Waals surface area contributed by atoms with Gasteiger partial charge in [-0.1, -0.05) is 34.1 Å². The molecule has 3 aromatic rings. The van der Waals surface area contributed by atoms with Gasteiger partial charge in [0.25, 0.3) is 0 Å². The number of carboxylic acid groups (broad SMARTS) is 1. The normalized spacial score (nSPS) is 11.0. The van der Waals surface area contributed by atoms with Gasteiger partial charge in [0, 0.05) is 16.3 Å². The summed E-state index contributed by atoms with van der Waals surface area (Å²) in [4.78, 5) is 15.5. The van der Waals surface area contributed by atoms with Gasteiger partial charge in [-0.15, -0.1) is 0 Å². The third kappa shape index (κ3) is 5.08. The maximum Gasteiger partial charge on any atom is 0.335 e. The summed E-state index contributed by atoms with van der Waals surface area (Å²) in [6.07, 6.45) is 1.79. The number of aromatic carboxylic acids is 1. The van der Waals surface area contributed by atoms with Crippen LogP contribution in [0, 0.1) is 13.8 Å². The van der Waals surface area contributed by atoms with Crippen molar-refractivity contribution >= 4 is 33.8 Å². The van der Waals surface area contributed by atoms with Crippen LogP contribution in [-0.2, 0) is 6.61 Å². The van der Waals surface area contributed by atoms with Crippen molar-refractivity contribution in [2.24, 2.45) is 4.99 Å². The minimum Gasteiger partial charge on any atom is -0.488 e. The van der Waals surface area contributed by atoms with Crippen molar-refractivity contribution in [1.82, 2.24) is 0 Å². The molecule has 142 valence electrons. The number of hydrogen-bond acceptors (Lipinski definition) is 3. The fourth-order valence-electron chi connectivity index (χ4n) is 2.61. The Labute approximate surface area is 172 Å². The van der Waals surface area contributed by atoms with Crippen LogP contribution in [0.15, 0.2) is 70.1 Å². The van der Waals surface area contributed by atoms with Gasteiger partial charge < -0.3 is 9.84 Å². The number of carbonyl (C=O) groups is 1. The minimum absolute atomic E-state index is 0.258. The van der Waals surface area contributed by atoms with Gasteiger partial charge in [0.05, 0.1) is 11.3 Å². The van der Waals surface area contributed by atoms with Gasteiger partial charge in [0.2, 0.25) is 0 Å². The molecule has 3 rings (SSSR count). The summed E-state index contributed by atoms with van der Waals surface area (Å²) in [6.45, 7) is 4.48. The number of halogens is 1. The van der Waals surface area contributed by atoms with Gasteiger partial charge >= 0.3 is 5.97 Å². The molecule has 0 amide bonds. The van der Waals surface area contributed by atoms with Crippen LogP contribution in [0.2, 0.25) is 0 Å². The van der Waals surface area contributed by atoms with E-state index in [0.29, 0.717) is 12.4 Å². The molecule has 3 aromatic carbocycles. The van der Waals surface area contributed by atoms with Crippen molar-refractivity contribution < 1.29 is 14.6 Å². The van der Waals surface area contributed by atoms with E-state index in [2.05, 4.69) is 40.8 Å². The van der Waals surface area contributed by atoms with Crippen molar-refractivity contribution in [3.8, 4) is 5.75 Å². The van der Waals surface area contributed by atoms with E-state index < -0.39 is 5.97 Å². The van der Waals surface area contributed by atoms with Crippen LogP contribution in [0.4, 0.5) is 5.69 Å². The third-order valence-corrected chi connectivity index (χ3v) is 4.90. The van der Waals surface area contributed by atoms with E-state index in [-0.39, 0.29) is 5.56 Å². The second-order valence-corrected chi connectivity index (χ2v) is 7.42. The Morgan fingerprint density at radius 1 is 1.04 bits per heavy atom. The average molecular weight is 438 g/mol. The summed E-state index contributed by atoms with van der Waals surface area (Å²) in [7, 11) is 0. The molecule has 0 atom stereocenters. The van der Waals surface area contributed by atoms with Crippen LogP contribution < -0.4 is 4.74 Å². The highest BCUT2D eigenvalue weighted by Crippen LogP contribution is 2.24. The number of aliphatic imine (C=N–C) groups is 1. The number of carboxylic acids is 1. The average Bonchev–Trinajstić information content (AvgIpc) is 2.68. The van der Waals surface area contributed by atoms with E-state index in [9.17, 15) is 4.79 Å². The van der Waals surface area contributed by atoms with Crippen molar-refractivity contribution in [2.75, 3.05) is 0 Å². The summed E-state index contributed by atoms with van der Waals surface area (Å²) in [6, 6.07) is 18.5. The number of hydrogen-bond donors (Lipinski definition) is 1. The molecular weight excluding hydrogens is 418 g/mol. The first kappa shape index (κ1) is 19.8. The predicted octanol–water partition coefficient (Wildman–Crippen LogP) is 6.09. The third-order valence-electron chi connectivity index (χ3n) is 4.41. The molecule has 0 spiro atoms. The Hall–Kier alpha value is -2.92. The molecule has 28 heavy (non-hydrogen) atoms. The molecule has 4 nitrogen and oxygen atoms in total. The van der Waals surface area contributed by atoms with Gasteiger partial charge in [0.15, 0.2) is 0 Å². The lowest BCUT2D eigenvalue weighted by atomic mass is 10.1. The Balaban J connectivity index is 1.77. The monoisotopic (exact) mass is 437 g/mol. The molecule has 0 aromatic heterocycles. The molecule has 0 radical (unpaired) electrons. The number of rotatable bonds is 6. The Kier molecular flexibility index (Phi) is 6.26. The Morgan fingerprint density at radius 2 is 1.79 bits per heavy atom. The number of benzene rings is 3. The summed E-state index contributed by atoms with van der Waals surface area (Å²) < 4.78 is 6.89. The molecule has 0 unspecified atom stereocenters. The molecule has 0 aliphatic rings. The predicted molar refractivity (Wildman–Crippen MR) is 115 cm³/mol. The first-order valence-electron chi connectivity index (χ1n) is 8.78. The molecule has 5 heteroatoms. The molecule has 0 heterocycles. The van der Waals surface area contributed by atoms with Crippen molar-refractivity contribution in [1.29, 1.82) is 0 Å². The lowest BCUT2D eigenvalue weighted by Gasteiger charge is -2.10. The van der Waals surface area contributed by atoms with E-state index in [1.807, 2.05) is 30.3 Å². The van der Waals surface area contributed by atoms with E-state index in [1.54, 1.807) is 30.5 Å². The summed E-state index contributed by atoms with van der Waals surface area (Å²) in [5.74, 6) is -0.233. The van der Waals surface area contributed by atoms with E-state index >= 15 is 0 Å². The maximum atomic E-state index is 10.9. The zero-order chi connectivity index (χ0) is 20.1. The van der Waals surface area contributed by atoms with Gasteiger partial charge in [-0.25, -0.2) is 4.79 Å². The maximum absolute atomic E-state index is 10.9. The van der Waals surface area contributed by atoms with Crippen molar-refractivity contribution in [3.05, 3.63) is 93.0 Å². The van der Waals surface area contributed by atoms with Crippen LogP contribution >= 0.6 is 15.9 Å². The summed E-state index contributed by atoms with van der Waals surface area (Å²) >= 11 is 3.49. The lowest BCUT2D eigenvalue weighted by Crippen LogP contribution is -2.00. The minimum atomic E-state index is -0.940. The van der Waals surface area contributed by atoms with Crippen LogP contribution in [-0.4, -0.2) is 17.3 Å². The largest absolute Gasteiger partial charge is 0.488 e. The highest BCUT2D eigenvalue weighted by Gasteiger charge is 2.06. The summed E-state index contributed by atoms with van der Waals surface area (Å²) in [5.41, 5.74) is 5.33. The van der Waals surface area contributed by atoms with Crippen molar-refractivity contribution in [2.45, 2.75) is 20.5 Å². The van der Waals surface area contributed by atoms with Crippen LogP contribution in [0.3, 0.4) is 0 Å². The second kappa shape index (κ2) is 8.85. The van der Waals surface area contributed by atoms with Gasteiger partial charge in [-0.2, -0.15) is 0 Å². The molecule has 0 saturated heterocycles. The van der Waals surface area contributed by atoms with Gasteiger partial charge in [-0.05, 0) is 73.0 Å². The highest BCUT2D eigenvalue weighted by atomic mass is 79.9. The Bertz CT molecular complexity index is 1030. The molecule has 0 fully saturated rings. The van der Waals surface area contributed by atoms with Gasteiger partial charge in [-0.3, -0.25) is 4.99 Å². The number of ether oxygens (including phenoxy) is 1. The highest BCUT2D eigenvalue weighted by molar-refractivity contribution is 9.10. The van der Waals surface area contributed by atoms with Crippen LogP contribution in [0.5, 0.6) is 5.75 Å². The smallest absolute Gasteiger partial charge is 0.335 e. The van der Waals surface area contributed by atoms with Crippen LogP contribution in [0.1, 0.15) is 32.6 Å². The van der Waals surface area contributed by atoms with E-state index in [1.165, 1.54) is 11.1 Å². The Morgan fingerprint density at radius 3 is 2.46 bits per heavy atom. The SMILES string of the molecule is Cc1ccc(N=Cc2cc(Br)ccc2OCc2ccc(C(=O)O)cc2)cc1C. The van der Waals surface area contributed by atoms with E-state index in [0.717, 1.165) is 21.3 Å². The molecule has 1 N–H and O–H groups in total.